The summed E-state index contributed by atoms with van der Waals surface area (Å²) in [4.78, 5) is 24.5. The third-order valence-electron chi connectivity index (χ3n) is 15.9. The van der Waals surface area contributed by atoms with Crippen LogP contribution in [0.3, 0.4) is 0 Å². The quantitative estimate of drug-likeness (QED) is 0.0320. The van der Waals surface area contributed by atoms with Gasteiger partial charge in [0.05, 0.1) is 25.4 Å². The van der Waals surface area contributed by atoms with E-state index in [0.717, 1.165) is 44.9 Å². The molecule has 0 saturated heterocycles. The smallest absolute Gasteiger partial charge is 0.305 e. The van der Waals surface area contributed by atoms with E-state index in [1.807, 2.05) is 6.08 Å². The van der Waals surface area contributed by atoms with Gasteiger partial charge < -0.3 is 20.3 Å². The molecule has 0 aromatic rings. The topological polar surface area (TPSA) is 95.9 Å². The van der Waals surface area contributed by atoms with Gasteiger partial charge in [-0.05, 0) is 83.5 Å². The van der Waals surface area contributed by atoms with Gasteiger partial charge in [0.25, 0.3) is 0 Å². The van der Waals surface area contributed by atoms with E-state index >= 15 is 0 Å². The molecular formula is C70H133NO5. The molecule has 0 aromatic carbocycles. The SMILES string of the molecule is CCCCCCCCC/C=C\CCCCCCCCCC(=O)OCCCCCCCCCCCCCC/C=C\CCCCCCCCCCCCCCCCCC(=O)NC(CO)C(O)/C=C/CCCCCCCCCC. The minimum absolute atomic E-state index is 0.0147. The number of nitrogens with one attached hydrogen (secondary N) is 1. The van der Waals surface area contributed by atoms with E-state index in [9.17, 15) is 19.8 Å². The Labute approximate surface area is 474 Å². The van der Waals surface area contributed by atoms with Gasteiger partial charge in [0.15, 0.2) is 0 Å². The molecule has 448 valence electrons. The number of aliphatic hydroxyl groups is 2. The first-order chi connectivity index (χ1) is 37.5. The lowest BCUT2D eigenvalue weighted by Crippen LogP contribution is -2.45. The molecule has 0 fully saturated rings. The molecule has 0 aromatic heterocycles. The van der Waals surface area contributed by atoms with Crippen molar-refractivity contribution < 1.29 is 24.5 Å². The molecule has 2 atom stereocenters. The summed E-state index contributed by atoms with van der Waals surface area (Å²) in [7, 11) is 0. The van der Waals surface area contributed by atoms with Gasteiger partial charge in [-0.3, -0.25) is 9.59 Å². The Hall–Kier alpha value is -1.92. The summed E-state index contributed by atoms with van der Waals surface area (Å²) in [6.45, 7) is 4.90. The van der Waals surface area contributed by atoms with Crippen LogP contribution in [0.5, 0.6) is 0 Å². The minimum Gasteiger partial charge on any atom is -0.466 e. The van der Waals surface area contributed by atoms with E-state index in [1.54, 1.807) is 6.08 Å². The number of hydrogen-bond acceptors (Lipinski definition) is 5. The summed E-state index contributed by atoms with van der Waals surface area (Å²) in [6, 6.07) is -0.624. The first-order valence-electron chi connectivity index (χ1n) is 34.3. The number of carbonyl (C=O) groups is 2. The molecule has 2 unspecified atom stereocenters. The molecular weight excluding hydrogens is 935 g/mol. The summed E-state index contributed by atoms with van der Waals surface area (Å²) < 4.78 is 5.50. The Bertz CT molecular complexity index is 1230. The first kappa shape index (κ1) is 74.1. The average molecular weight is 1070 g/mol. The number of aliphatic hydroxyl groups excluding tert-OH is 2. The maximum atomic E-state index is 12.4. The number of carbonyl (C=O) groups excluding carboxylic acids is 2. The number of ether oxygens (including phenoxy) is 1. The molecule has 0 saturated carbocycles. The van der Waals surface area contributed by atoms with E-state index in [2.05, 4.69) is 43.5 Å². The normalized spacial score (nSPS) is 12.7. The number of amides is 1. The van der Waals surface area contributed by atoms with E-state index in [0.29, 0.717) is 19.4 Å². The Morgan fingerprint density at radius 2 is 0.618 bits per heavy atom. The van der Waals surface area contributed by atoms with Crippen molar-refractivity contribution in [2.24, 2.45) is 0 Å². The number of esters is 1. The zero-order chi connectivity index (χ0) is 55.0. The lowest BCUT2D eigenvalue weighted by atomic mass is 10.0. The highest BCUT2D eigenvalue weighted by atomic mass is 16.5. The number of rotatable bonds is 64. The van der Waals surface area contributed by atoms with Crippen LogP contribution in [0.2, 0.25) is 0 Å². The molecule has 3 N–H and O–H groups in total. The van der Waals surface area contributed by atoms with E-state index in [4.69, 9.17) is 4.74 Å². The van der Waals surface area contributed by atoms with Gasteiger partial charge in [0, 0.05) is 12.8 Å². The second-order valence-corrected chi connectivity index (χ2v) is 23.5. The van der Waals surface area contributed by atoms with Crippen LogP contribution in [0.4, 0.5) is 0 Å². The molecule has 6 heteroatoms. The van der Waals surface area contributed by atoms with Crippen LogP contribution in [0.25, 0.3) is 0 Å². The van der Waals surface area contributed by atoms with Crippen molar-refractivity contribution in [3.63, 3.8) is 0 Å². The van der Waals surface area contributed by atoms with Crippen LogP contribution >= 0.6 is 0 Å². The van der Waals surface area contributed by atoms with Crippen LogP contribution in [-0.2, 0) is 14.3 Å². The third kappa shape index (κ3) is 61.3. The number of allylic oxidation sites excluding steroid dienone is 5. The third-order valence-corrected chi connectivity index (χ3v) is 15.9. The maximum Gasteiger partial charge on any atom is 0.305 e. The van der Waals surface area contributed by atoms with Gasteiger partial charge in [-0.1, -0.05) is 314 Å². The summed E-state index contributed by atoms with van der Waals surface area (Å²) in [5.74, 6) is -0.0521. The van der Waals surface area contributed by atoms with E-state index < -0.39 is 12.1 Å². The molecule has 0 heterocycles. The Kier molecular flexibility index (Phi) is 63.9. The zero-order valence-electron chi connectivity index (χ0n) is 51.3. The predicted molar refractivity (Wildman–Crippen MR) is 333 cm³/mol. The number of hydrogen-bond donors (Lipinski definition) is 3. The average Bonchev–Trinajstić information content (AvgIpc) is 3.42. The zero-order valence-corrected chi connectivity index (χ0v) is 51.3. The van der Waals surface area contributed by atoms with Crippen molar-refractivity contribution >= 4 is 11.9 Å². The highest BCUT2D eigenvalue weighted by molar-refractivity contribution is 5.76. The van der Waals surface area contributed by atoms with Crippen LogP contribution in [0, 0.1) is 0 Å². The molecule has 0 aliphatic carbocycles. The Morgan fingerprint density at radius 1 is 0.355 bits per heavy atom. The molecule has 0 bridgehead atoms. The lowest BCUT2D eigenvalue weighted by molar-refractivity contribution is -0.143. The Morgan fingerprint density at radius 3 is 0.934 bits per heavy atom. The highest BCUT2D eigenvalue weighted by Crippen LogP contribution is 2.18. The summed E-state index contributed by atoms with van der Waals surface area (Å²) in [6.07, 6.45) is 83.7. The number of unbranched alkanes of at least 4 members (excludes halogenated alkanes) is 49. The summed E-state index contributed by atoms with van der Waals surface area (Å²) in [5.41, 5.74) is 0. The van der Waals surface area contributed by atoms with Gasteiger partial charge in [-0.15, -0.1) is 0 Å². The second kappa shape index (κ2) is 65.6. The van der Waals surface area contributed by atoms with Crippen molar-refractivity contribution in [1.29, 1.82) is 0 Å². The van der Waals surface area contributed by atoms with E-state index in [1.165, 1.54) is 302 Å². The molecule has 1 amide bonds. The fourth-order valence-corrected chi connectivity index (χ4v) is 10.6. The maximum absolute atomic E-state index is 12.4. The van der Waals surface area contributed by atoms with Gasteiger partial charge in [0.2, 0.25) is 5.91 Å². The molecule has 76 heavy (non-hydrogen) atoms. The summed E-state index contributed by atoms with van der Waals surface area (Å²) >= 11 is 0. The van der Waals surface area contributed by atoms with Crippen LogP contribution in [-0.4, -0.2) is 47.4 Å². The Balaban J connectivity index is 3.34. The van der Waals surface area contributed by atoms with Gasteiger partial charge in [-0.2, -0.15) is 0 Å². The van der Waals surface area contributed by atoms with Crippen molar-refractivity contribution in [1.82, 2.24) is 5.32 Å². The summed E-state index contributed by atoms with van der Waals surface area (Å²) in [5, 5.41) is 23.0. The minimum atomic E-state index is -0.841. The molecule has 0 rings (SSSR count). The van der Waals surface area contributed by atoms with Crippen molar-refractivity contribution in [3.05, 3.63) is 36.5 Å². The molecule has 0 aliphatic rings. The van der Waals surface area contributed by atoms with Gasteiger partial charge in [-0.25, -0.2) is 0 Å². The lowest BCUT2D eigenvalue weighted by Gasteiger charge is -2.20. The first-order valence-corrected chi connectivity index (χ1v) is 34.3. The molecule has 0 spiro atoms. The van der Waals surface area contributed by atoms with E-state index in [-0.39, 0.29) is 18.5 Å². The molecule has 0 radical (unpaired) electrons. The fourth-order valence-electron chi connectivity index (χ4n) is 10.6. The standard InChI is InChI=1S/C70H133NO5/c1-3-5-7-9-11-13-15-16-17-18-35-38-41-44-48-52-56-60-64-70(75)76-65-61-57-53-49-45-42-39-36-33-31-29-27-25-23-21-19-20-22-24-26-28-30-32-34-37-40-43-47-51-55-59-63-69(74)71-67(66-72)68(73)62-58-54-50-46-14-12-10-8-6-4-2/h17-18,21,23,58,62,67-68,72-73H,3-16,19-20,22,24-57,59-61,63-66H2,1-2H3,(H,71,74)/b18-17-,23-21-,62-58+. The highest BCUT2D eigenvalue weighted by Gasteiger charge is 2.18. The van der Waals surface area contributed by atoms with Crippen molar-refractivity contribution in [2.45, 2.75) is 386 Å². The predicted octanol–water partition coefficient (Wildman–Crippen LogP) is 21.9. The monoisotopic (exact) mass is 1070 g/mol. The van der Waals surface area contributed by atoms with Crippen LogP contribution in [0.15, 0.2) is 36.5 Å². The van der Waals surface area contributed by atoms with Crippen molar-refractivity contribution in [2.75, 3.05) is 13.2 Å². The molecule has 6 nitrogen and oxygen atoms in total. The second-order valence-electron chi connectivity index (χ2n) is 23.5. The van der Waals surface area contributed by atoms with Gasteiger partial charge in [0.1, 0.15) is 0 Å². The molecule has 0 aliphatic heterocycles. The van der Waals surface area contributed by atoms with Crippen LogP contribution < -0.4 is 5.32 Å². The fraction of sp³-hybridized carbons (Fsp3) is 0.886. The van der Waals surface area contributed by atoms with Crippen molar-refractivity contribution in [3.8, 4) is 0 Å². The largest absolute Gasteiger partial charge is 0.466 e. The van der Waals surface area contributed by atoms with Gasteiger partial charge >= 0.3 is 5.97 Å². The van der Waals surface area contributed by atoms with Crippen LogP contribution in [0.1, 0.15) is 373 Å².